The Kier molecular flexibility index (Phi) is 6.65. The lowest BCUT2D eigenvalue weighted by Crippen LogP contribution is -2.87. The summed E-state index contributed by atoms with van der Waals surface area (Å²) in [6, 6.07) is 0. The number of halogens is 21. The van der Waals surface area contributed by atoms with Crippen LogP contribution in [-0.2, 0) is 0 Å². The predicted octanol–water partition coefficient (Wildman–Crippen LogP) is 6.66. The van der Waals surface area contributed by atoms with E-state index < -0.39 is 59.3 Å². The zero-order valence-corrected chi connectivity index (χ0v) is 12.9. The van der Waals surface area contributed by atoms with Crippen molar-refractivity contribution in [2.24, 2.45) is 0 Å². The van der Waals surface area contributed by atoms with Crippen molar-refractivity contribution in [1.29, 1.82) is 0 Å². The van der Waals surface area contributed by atoms with Crippen LogP contribution in [0.15, 0.2) is 0 Å². The fourth-order valence-corrected chi connectivity index (χ4v) is 2.11. The van der Waals surface area contributed by atoms with Crippen LogP contribution >= 0.6 is 0 Å². The molecule has 0 fully saturated rings. The van der Waals surface area contributed by atoms with E-state index in [1.54, 1.807) is 0 Å². The first-order chi connectivity index (χ1) is 12.9. The van der Waals surface area contributed by atoms with Gasteiger partial charge in [0, 0.05) is 0 Å². The summed E-state index contributed by atoms with van der Waals surface area (Å²) in [5.41, 5.74) is -18.9. The van der Waals surface area contributed by atoms with Gasteiger partial charge < -0.3 is 0 Å². The summed E-state index contributed by atoms with van der Waals surface area (Å²) in [5, 5.41) is 0. The number of hydrogen-bond acceptors (Lipinski definition) is 1. The lowest BCUT2D eigenvalue weighted by molar-refractivity contribution is -0.524. The maximum atomic E-state index is 14.4. The van der Waals surface area contributed by atoms with Crippen molar-refractivity contribution >= 4 is 0 Å². The van der Waals surface area contributed by atoms with Crippen LogP contribution in [0.4, 0.5) is 92.2 Å². The van der Waals surface area contributed by atoms with E-state index in [-0.39, 0.29) is 0 Å². The summed E-state index contributed by atoms with van der Waals surface area (Å²) in [5.74, 6) is -9.72. The van der Waals surface area contributed by atoms with Crippen LogP contribution in [0, 0.1) is 0 Å². The molecule has 0 saturated heterocycles. The molecule has 0 bridgehead atoms. The molecule has 22 heteroatoms. The van der Waals surface area contributed by atoms with E-state index in [1.165, 1.54) is 0 Å². The smallest absolute Gasteiger partial charge is 0.218 e. The van der Waals surface area contributed by atoms with Gasteiger partial charge in [0.2, 0.25) is 0 Å². The van der Waals surface area contributed by atoms with Gasteiger partial charge in [-0.3, -0.25) is 0 Å². The Labute approximate surface area is 153 Å². The Morgan fingerprint density at radius 2 is 0.452 bits per heavy atom. The lowest BCUT2D eigenvalue weighted by Gasteiger charge is -2.52. The maximum Gasteiger partial charge on any atom is 0.469 e. The van der Waals surface area contributed by atoms with E-state index in [2.05, 4.69) is 0 Å². The molecular weight excluding hydrogens is 521 g/mol. The van der Waals surface area contributed by atoms with Gasteiger partial charge >= 0.3 is 48.6 Å². The van der Waals surface area contributed by atoms with Gasteiger partial charge in [-0.05, 0) is 0 Å². The summed E-state index contributed by atoms with van der Waals surface area (Å²) in [6.45, 7) is 0. The van der Waals surface area contributed by atoms with Crippen molar-refractivity contribution in [3.8, 4) is 0 Å². The molecule has 0 aliphatic heterocycles. The Morgan fingerprint density at radius 1 is 0.290 bits per heavy atom. The molecule has 188 valence electrons. The first-order valence-electron chi connectivity index (χ1n) is 6.14. The van der Waals surface area contributed by atoms with E-state index in [4.69, 9.17) is 0 Å². The molecule has 0 aliphatic rings. The van der Waals surface area contributed by atoms with Gasteiger partial charge in [-0.15, -0.1) is 0 Å². The second-order valence-electron chi connectivity index (χ2n) is 5.20. The van der Waals surface area contributed by atoms with Crippen molar-refractivity contribution < 1.29 is 92.2 Å². The first-order valence-corrected chi connectivity index (χ1v) is 6.14. The van der Waals surface area contributed by atoms with Crippen molar-refractivity contribution in [1.82, 2.24) is 4.90 Å². The minimum absolute atomic E-state index is 5.38. The van der Waals surface area contributed by atoms with Gasteiger partial charge in [0.25, 0.3) is 5.79 Å². The third-order valence-electron chi connectivity index (χ3n) is 3.29. The molecule has 0 aromatic heterocycles. The second-order valence-corrected chi connectivity index (χ2v) is 5.20. The molecule has 31 heavy (non-hydrogen) atoms. The van der Waals surface area contributed by atoms with Crippen molar-refractivity contribution in [3.05, 3.63) is 0 Å². The fraction of sp³-hybridized carbons (Fsp3) is 1.00. The Bertz CT molecular complexity index is 555. The van der Waals surface area contributed by atoms with Crippen LogP contribution in [0.1, 0.15) is 0 Å². The third-order valence-corrected chi connectivity index (χ3v) is 3.29. The summed E-state index contributed by atoms with van der Waals surface area (Å²) < 4.78 is 267. The van der Waals surface area contributed by atoms with Crippen molar-refractivity contribution in [3.63, 3.8) is 0 Å². The van der Waals surface area contributed by atoms with Gasteiger partial charge in [0.05, 0.1) is 0 Å². The largest absolute Gasteiger partial charge is 0.469 e. The van der Waals surface area contributed by atoms with Crippen LogP contribution in [0.25, 0.3) is 0 Å². The highest BCUT2D eigenvalue weighted by Gasteiger charge is 3.01. The molecule has 0 atom stereocenters. The van der Waals surface area contributed by atoms with Crippen LogP contribution in [0.2, 0.25) is 0 Å². The quantitative estimate of drug-likeness (QED) is 0.297. The molecule has 0 unspecified atom stereocenters. The van der Waals surface area contributed by atoms with Crippen molar-refractivity contribution in [2.45, 2.75) is 54.4 Å². The molecule has 0 saturated carbocycles. The van der Waals surface area contributed by atoms with E-state index in [0.29, 0.717) is 0 Å². The van der Waals surface area contributed by atoms with Crippen molar-refractivity contribution in [2.75, 3.05) is 0 Å². The standard InChI is InChI=1S/C9F21N/c10-1(4(13,14)15,5(16,17)18)3(12,31(8(25,26)27)9(28,29)30)2(11,6(19,20)21)7(22,23)24. The highest BCUT2D eigenvalue weighted by molar-refractivity contribution is 5.23. The maximum absolute atomic E-state index is 14.4. The number of alkyl halides is 21. The molecule has 0 radical (unpaired) electrons. The average molecular weight is 521 g/mol. The van der Waals surface area contributed by atoms with Gasteiger partial charge in [0.15, 0.2) is 0 Å². The molecule has 0 aromatic rings. The average Bonchev–Trinajstić information content (AvgIpc) is 2.36. The van der Waals surface area contributed by atoms with Gasteiger partial charge in [0.1, 0.15) is 0 Å². The van der Waals surface area contributed by atoms with Gasteiger partial charge in [-0.25, -0.2) is 13.2 Å². The van der Waals surface area contributed by atoms with Gasteiger partial charge in [-0.1, -0.05) is 4.90 Å². The van der Waals surface area contributed by atoms with Crippen LogP contribution in [-0.4, -0.2) is 59.3 Å². The number of rotatable bonds is 3. The molecule has 0 heterocycles. The second kappa shape index (κ2) is 6.99. The molecule has 0 N–H and O–H groups in total. The molecular formula is C9F21N. The minimum Gasteiger partial charge on any atom is -0.218 e. The zero-order chi connectivity index (χ0) is 26.1. The third kappa shape index (κ3) is 4.02. The zero-order valence-electron chi connectivity index (χ0n) is 12.9. The Balaban J connectivity index is 8.36. The highest BCUT2D eigenvalue weighted by Crippen LogP contribution is 2.68. The van der Waals surface area contributed by atoms with Crippen LogP contribution in [0.3, 0.4) is 0 Å². The highest BCUT2D eigenvalue weighted by atomic mass is 19.5. The van der Waals surface area contributed by atoms with Crippen LogP contribution in [0.5, 0.6) is 0 Å². The predicted molar refractivity (Wildman–Crippen MR) is 49.7 cm³/mol. The normalized spacial score (nSPS) is 16.8. The molecule has 0 amide bonds. The van der Waals surface area contributed by atoms with E-state index >= 15 is 0 Å². The van der Waals surface area contributed by atoms with E-state index in [9.17, 15) is 92.2 Å². The van der Waals surface area contributed by atoms with Crippen LogP contribution < -0.4 is 0 Å². The molecule has 0 spiro atoms. The molecule has 0 aromatic carbocycles. The van der Waals surface area contributed by atoms with Gasteiger partial charge in [-0.2, -0.15) is 79.0 Å². The Hall–Kier alpha value is -1.51. The van der Waals surface area contributed by atoms with E-state index in [0.717, 1.165) is 0 Å². The molecule has 0 aliphatic carbocycles. The number of nitrogens with zero attached hydrogens (tertiary/aromatic N) is 1. The lowest BCUT2D eigenvalue weighted by atomic mass is 9.77. The summed E-state index contributed by atoms with van der Waals surface area (Å²) >= 11 is 0. The monoisotopic (exact) mass is 521 g/mol. The Morgan fingerprint density at radius 3 is 0.548 bits per heavy atom. The summed E-state index contributed by atoms with van der Waals surface area (Å²) in [6.07, 6.45) is -52.2. The topological polar surface area (TPSA) is 3.24 Å². The fourth-order valence-electron chi connectivity index (χ4n) is 2.11. The summed E-state index contributed by atoms with van der Waals surface area (Å²) in [7, 11) is 0. The van der Waals surface area contributed by atoms with E-state index in [1.807, 2.05) is 0 Å². The first kappa shape index (κ1) is 29.5. The molecule has 0 rings (SSSR count). The SMILES string of the molecule is FC(F)(F)N(C(F)(F)F)C(F)(C(F)(C(F)(F)F)C(F)(F)F)C(F)(C(F)(F)F)C(F)(F)F. The molecule has 1 nitrogen and oxygen atoms in total. The summed E-state index contributed by atoms with van der Waals surface area (Å²) in [4.78, 5) is -5.38. The minimum atomic E-state index is -9.72. The number of hydrogen-bond donors (Lipinski definition) is 0.